The SMILES string of the molecule is Cc1nc2c(s1)CN(C)c1cnccc1-2. The summed E-state index contributed by atoms with van der Waals surface area (Å²) >= 11 is 1.78. The highest BCUT2D eigenvalue weighted by atomic mass is 32.1. The molecule has 0 aliphatic carbocycles. The predicted molar refractivity (Wildman–Crippen MR) is 62.2 cm³/mol. The van der Waals surface area contributed by atoms with Crippen molar-refractivity contribution in [3.05, 3.63) is 28.3 Å². The van der Waals surface area contributed by atoms with Gasteiger partial charge in [0.2, 0.25) is 0 Å². The lowest BCUT2D eigenvalue weighted by Gasteiger charge is -2.25. The monoisotopic (exact) mass is 217 g/mol. The van der Waals surface area contributed by atoms with E-state index in [1.54, 1.807) is 11.3 Å². The molecule has 0 N–H and O–H groups in total. The Morgan fingerprint density at radius 1 is 1.47 bits per heavy atom. The van der Waals surface area contributed by atoms with E-state index in [1.807, 2.05) is 18.5 Å². The minimum absolute atomic E-state index is 0.944. The largest absolute Gasteiger partial charge is 0.368 e. The number of nitrogens with zero attached hydrogens (tertiary/aromatic N) is 3. The summed E-state index contributed by atoms with van der Waals surface area (Å²) < 4.78 is 0. The van der Waals surface area contributed by atoms with Gasteiger partial charge in [-0.2, -0.15) is 0 Å². The topological polar surface area (TPSA) is 29.0 Å². The van der Waals surface area contributed by atoms with Crippen LogP contribution in [0.3, 0.4) is 0 Å². The number of fused-ring (bicyclic) bond motifs is 3. The van der Waals surface area contributed by atoms with Gasteiger partial charge in [0, 0.05) is 18.8 Å². The third kappa shape index (κ3) is 1.25. The number of aromatic nitrogens is 2. The van der Waals surface area contributed by atoms with Crippen LogP contribution in [0.25, 0.3) is 11.3 Å². The van der Waals surface area contributed by atoms with E-state index in [-0.39, 0.29) is 0 Å². The van der Waals surface area contributed by atoms with E-state index in [0.29, 0.717) is 0 Å². The molecule has 0 amide bonds. The van der Waals surface area contributed by atoms with Gasteiger partial charge in [0.05, 0.1) is 34.0 Å². The highest BCUT2D eigenvalue weighted by Gasteiger charge is 2.22. The smallest absolute Gasteiger partial charge is 0.0905 e. The van der Waals surface area contributed by atoms with Crippen molar-refractivity contribution in [1.29, 1.82) is 0 Å². The number of aryl methyl sites for hydroxylation is 1. The number of thiazole rings is 1. The van der Waals surface area contributed by atoms with Gasteiger partial charge in [-0.05, 0) is 13.0 Å². The van der Waals surface area contributed by atoms with Gasteiger partial charge in [0.1, 0.15) is 0 Å². The number of pyridine rings is 1. The Balaban J connectivity index is 2.29. The van der Waals surface area contributed by atoms with Crippen molar-refractivity contribution in [2.45, 2.75) is 13.5 Å². The molecule has 0 unspecified atom stereocenters. The van der Waals surface area contributed by atoms with Crippen LogP contribution in [0.1, 0.15) is 9.88 Å². The van der Waals surface area contributed by atoms with Crippen molar-refractivity contribution in [3.8, 4) is 11.3 Å². The highest BCUT2D eigenvalue weighted by molar-refractivity contribution is 7.12. The molecule has 2 aromatic rings. The lowest BCUT2D eigenvalue weighted by molar-refractivity contribution is 0.916. The Kier molecular flexibility index (Phi) is 1.79. The third-order valence-corrected chi connectivity index (χ3v) is 3.61. The molecule has 0 spiro atoms. The molecule has 0 atom stereocenters. The van der Waals surface area contributed by atoms with Crippen LogP contribution < -0.4 is 4.90 Å². The highest BCUT2D eigenvalue weighted by Crippen LogP contribution is 2.39. The lowest BCUT2D eigenvalue weighted by Crippen LogP contribution is -2.20. The van der Waals surface area contributed by atoms with Crippen LogP contribution in [-0.4, -0.2) is 17.0 Å². The van der Waals surface area contributed by atoms with Crippen molar-refractivity contribution in [2.24, 2.45) is 0 Å². The molecule has 1 aliphatic heterocycles. The summed E-state index contributed by atoms with van der Waals surface area (Å²) in [5.41, 5.74) is 3.53. The zero-order valence-electron chi connectivity index (χ0n) is 8.69. The second-order valence-electron chi connectivity index (χ2n) is 3.75. The van der Waals surface area contributed by atoms with Gasteiger partial charge in [-0.1, -0.05) is 0 Å². The molecular formula is C11H11N3S. The predicted octanol–water partition coefficient (Wildman–Crippen LogP) is 2.46. The average molecular weight is 217 g/mol. The Labute approximate surface area is 92.4 Å². The fourth-order valence-corrected chi connectivity index (χ4v) is 2.98. The Morgan fingerprint density at radius 3 is 3.20 bits per heavy atom. The first-order chi connectivity index (χ1) is 7.25. The quantitative estimate of drug-likeness (QED) is 0.678. The molecule has 0 saturated carbocycles. The van der Waals surface area contributed by atoms with Crippen molar-refractivity contribution in [3.63, 3.8) is 0 Å². The Morgan fingerprint density at radius 2 is 2.33 bits per heavy atom. The van der Waals surface area contributed by atoms with Crippen LogP contribution in [0.4, 0.5) is 5.69 Å². The van der Waals surface area contributed by atoms with Crippen molar-refractivity contribution in [2.75, 3.05) is 11.9 Å². The third-order valence-electron chi connectivity index (χ3n) is 2.65. The summed E-state index contributed by atoms with van der Waals surface area (Å²) in [6.07, 6.45) is 3.74. The van der Waals surface area contributed by atoms with E-state index in [9.17, 15) is 0 Å². The minimum atomic E-state index is 0.944. The van der Waals surface area contributed by atoms with E-state index in [1.165, 1.54) is 16.1 Å². The van der Waals surface area contributed by atoms with Crippen LogP contribution in [0.2, 0.25) is 0 Å². The Hall–Kier alpha value is -1.42. The summed E-state index contributed by atoms with van der Waals surface area (Å²) in [5.74, 6) is 0. The molecule has 0 bridgehead atoms. The van der Waals surface area contributed by atoms with Crippen LogP contribution in [0.15, 0.2) is 18.5 Å². The van der Waals surface area contributed by atoms with Crippen molar-refractivity contribution in [1.82, 2.24) is 9.97 Å². The van der Waals surface area contributed by atoms with E-state index >= 15 is 0 Å². The number of hydrogen-bond donors (Lipinski definition) is 0. The van der Waals surface area contributed by atoms with Crippen LogP contribution in [0.5, 0.6) is 0 Å². The minimum Gasteiger partial charge on any atom is -0.368 e. The molecule has 0 saturated heterocycles. The first-order valence-electron chi connectivity index (χ1n) is 4.87. The average Bonchev–Trinajstić information content (AvgIpc) is 2.59. The normalized spacial score (nSPS) is 13.6. The van der Waals surface area contributed by atoms with Gasteiger partial charge in [0.25, 0.3) is 0 Å². The first kappa shape index (κ1) is 8.85. The van der Waals surface area contributed by atoms with Gasteiger partial charge in [-0.3, -0.25) is 4.98 Å². The zero-order chi connectivity index (χ0) is 10.4. The van der Waals surface area contributed by atoms with Crippen LogP contribution in [0, 0.1) is 6.92 Å². The van der Waals surface area contributed by atoms with Gasteiger partial charge < -0.3 is 4.90 Å². The maximum atomic E-state index is 4.59. The molecule has 76 valence electrons. The van der Waals surface area contributed by atoms with Crippen molar-refractivity contribution < 1.29 is 0 Å². The van der Waals surface area contributed by atoms with Gasteiger partial charge in [-0.25, -0.2) is 4.98 Å². The molecule has 4 heteroatoms. The molecule has 2 aromatic heterocycles. The molecule has 3 heterocycles. The second-order valence-corrected chi connectivity index (χ2v) is 5.04. The molecule has 1 aliphatic rings. The molecule has 0 aromatic carbocycles. The van der Waals surface area contributed by atoms with E-state index < -0.39 is 0 Å². The lowest BCUT2D eigenvalue weighted by atomic mass is 10.1. The van der Waals surface area contributed by atoms with Crippen molar-refractivity contribution >= 4 is 17.0 Å². The molecule has 0 fully saturated rings. The van der Waals surface area contributed by atoms with E-state index in [4.69, 9.17) is 0 Å². The Bertz CT molecular complexity index is 518. The van der Waals surface area contributed by atoms with Gasteiger partial charge >= 0.3 is 0 Å². The summed E-state index contributed by atoms with van der Waals surface area (Å²) in [6.45, 7) is 3.00. The van der Waals surface area contributed by atoms with Gasteiger partial charge in [0.15, 0.2) is 0 Å². The second kappa shape index (κ2) is 3.03. The standard InChI is InChI=1S/C11H11N3S/c1-7-13-11-8-3-4-12-5-9(8)14(2)6-10(11)15-7/h3-5H,6H2,1-2H3. The molecular weight excluding hydrogens is 206 g/mol. The number of hydrogen-bond acceptors (Lipinski definition) is 4. The van der Waals surface area contributed by atoms with Crippen LogP contribution in [-0.2, 0) is 6.54 Å². The summed E-state index contributed by atoms with van der Waals surface area (Å²) in [5, 5.41) is 1.14. The zero-order valence-corrected chi connectivity index (χ0v) is 9.51. The molecule has 3 nitrogen and oxygen atoms in total. The van der Waals surface area contributed by atoms with E-state index in [0.717, 1.165) is 17.2 Å². The first-order valence-corrected chi connectivity index (χ1v) is 5.69. The maximum Gasteiger partial charge on any atom is 0.0905 e. The maximum absolute atomic E-state index is 4.59. The van der Waals surface area contributed by atoms with E-state index in [2.05, 4.69) is 28.8 Å². The molecule has 3 rings (SSSR count). The van der Waals surface area contributed by atoms with Gasteiger partial charge in [-0.15, -0.1) is 11.3 Å². The molecule has 15 heavy (non-hydrogen) atoms. The molecule has 0 radical (unpaired) electrons. The number of anilines is 1. The summed E-state index contributed by atoms with van der Waals surface area (Å²) in [6, 6.07) is 2.04. The summed E-state index contributed by atoms with van der Waals surface area (Å²) in [7, 11) is 2.10. The fraction of sp³-hybridized carbons (Fsp3) is 0.273. The summed E-state index contributed by atoms with van der Waals surface area (Å²) in [4.78, 5) is 12.3. The number of rotatable bonds is 0. The van der Waals surface area contributed by atoms with Crippen LogP contribution >= 0.6 is 11.3 Å². The fourth-order valence-electron chi connectivity index (χ4n) is 1.98.